The third-order valence-corrected chi connectivity index (χ3v) is 4.73. The zero-order valence-corrected chi connectivity index (χ0v) is 10.9. The zero-order chi connectivity index (χ0) is 12.8. The molecule has 0 radical (unpaired) electrons. The highest BCUT2D eigenvalue weighted by molar-refractivity contribution is 5.95. The van der Waals surface area contributed by atoms with E-state index in [2.05, 4.69) is 21.3 Å². The number of benzene rings is 1. The minimum atomic E-state index is 0.639. The second kappa shape index (κ2) is 4.11. The number of hydrogen-bond donors (Lipinski definition) is 1. The zero-order valence-electron chi connectivity index (χ0n) is 10.9. The van der Waals surface area contributed by atoms with Crippen molar-refractivity contribution >= 4 is 22.4 Å². The molecule has 2 aromatic rings. The van der Waals surface area contributed by atoms with Crippen LogP contribution in [-0.4, -0.2) is 22.9 Å². The Labute approximate surface area is 111 Å². The third kappa shape index (κ3) is 1.60. The molecule has 1 saturated heterocycles. The van der Waals surface area contributed by atoms with Crippen LogP contribution in [0.5, 0.6) is 0 Å². The van der Waals surface area contributed by atoms with Crippen LogP contribution in [0.3, 0.4) is 0 Å². The summed E-state index contributed by atoms with van der Waals surface area (Å²) in [5.74, 6) is 0.848. The topological polar surface area (TPSA) is 68.2 Å². The lowest BCUT2D eigenvalue weighted by molar-refractivity contribution is 0.315. The minimum Gasteiger partial charge on any atom is -0.397 e. The molecule has 0 amide bonds. The Morgan fingerprint density at radius 2 is 1.95 bits per heavy atom. The molecule has 5 nitrogen and oxygen atoms in total. The number of anilines is 2. The molecule has 19 heavy (non-hydrogen) atoms. The first-order valence-corrected chi connectivity index (χ1v) is 7.12. The van der Waals surface area contributed by atoms with E-state index in [0.29, 0.717) is 17.2 Å². The van der Waals surface area contributed by atoms with Gasteiger partial charge in [-0.1, -0.05) is 6.42 Å². The van der Waals surface area contributed by atoms with E-state index in [1.165, 1.54) is 32.1 Å². The summed E-state index contributed by atoms with van der Waals surface area (Å²) < 4.78 is 4.88. The summed E-state index contributed by atoms with van der Waals surface area (Å²) >= 11 is 0. The number of aromatic nitrogens is 2. The Hall–Kier alpha value is -1.78. The number of nitrogens with two attached hydrogens (primary N) is 1. The maximum absolute atomic E-state index is 5.92. The van der Waals surface area contributed by atoms with Crippen molar-refractivity contribution in [2.75, 3.05) is 17.2 Å². The molecule has 1 saturated carbocycles. The van der Waals surface area contributed by atoms with E-state index in [4.69, 9.17) is 10.4 Å². The van der Waals surface area contributed by atoms with E-state index in [1.807, 2.05) is 6.07 Å². The first kappa shape index (κ1) is 11.1. The van der Waals surface area contributed by atoms with Crippen molar-refractivity contribution in [3.05, 3.63) is 12.1 Å². The monoisotopic (exact) mass is 258 g/mol. The Morgan fingerprint density at radius 1 is 1.11 bits per heavy atom. The summed E-state index contributed by atoms with van der Waals surface area (Å²) in [5.41, 5.74) is 9.21. The van der Waals surface area contributed by atoms with E-state index in [1.54, 1.807) is 0 Å². The maximum atomic E-state index is 5.92. The standard InChI is InChI=1S/C14H18N4O/c15-10-6-7-12(14-13(10)16-19-17-14)18-8-2-4-9-3-1-5-11(9)18/h6-7,9,11H,1-5,8,15H2. The molecule has 0 bridgehead atoms. The quantitative estimate of drug-likeness (QED) is 0.796. The van der Waals surface area contributed by atoms with Crippen molar-refractivity contribution in [1.29, 1.82) is 0 Å². The molecule has 1 aromatic carbocycles. The van der Waals surface area contributed by atoms with Gasteiger partial charge in [-0.2, -0.15) is 0 Å². The van der Waals surface area contributed by atoms with Gasteiger partial charge in [-0.05, 0) is 54.0 Å². The average Bonchev–Trinajstić information content (AvgIpc) is 3.08. The molecule has 5 heteroatoms. The van der Waals surface area contributed by atoms with Gasteiger partial charge in [0, 0.05) is 12.6 Å². The summed E-state index contributed by atoms with van der Waals surface area (Å²) in [6.07, 6.45) is 6.65. The molecular weight excluding hydrogens is 240 g/mol. The first-order chi connectivity index (χ1) is 9.34. The third-order valence-electron chi connectivity index (χ3n) is 4.73. The van der Waals surface area contributed by atoms with Crippen molar-refractivity contribution in [1.82, 2.24) is 10.3 Å². The van der Waals surface area contributed by atoms with Crippen molar-refractivity contribution in [2.24, 2.45) is 5.92 Å². The summed E-state index contributed by atoms with van der Waals surface area (Å²) in [5, 5.41) is 7.98. The molecule has 1 aliphatic heterocycles. The molecule has 2 heterocycles. The lowest BCUT2D eigenvalue weighted by Crippen LogP contribution is -2.42. The summed E-state index contributed by atoms with van der Waals surface area (Å²) in [6.45, 7) is 1.10. The van der Waals surface area contributed by atoms with E-state index < -0.39 is 0 Å². The van der Waals surface area contributed by atoms with E-state index in [9.17, 15) is 0 Å². The van der Waals surface area contributed by atoms with Crippen LogP contribution in [0.1, 0.15) is 32.1 Å². The molecule has 1 aliphatic carbocycles. The van der Waals surface area contributed by atoms with Crippen LogP contribution in [-0.2, 0) is 0 Å². The molecular formula is C14H18N4O. The molecule has 2 atom stereocenters. The molecule has 2 unspecified atom stereocenters. The Balaban J connectivity index is 1.81. The van der Waals surface area contributed by atoms with Crippen LogP contribution >= 0.6 is 0 Å². The van der Waals surface area contributed by atoms with Crippen LogP contribution in [0.25, 0.3) is 11.0 Å². The van der Waals surface area contributed by atoms with Gasteiger partial charge in [0.25, 0.3) is 0 Å². The van der Waals surface area contributed by atoms with Gasteiger partial charge < -0.3 is 10.6 Å². The average molecular weight is 258 g/mol. The van der Waals surface area contributed by atoms with Crippen LogP contribution in [0, 0.1) is 5.92 Å². The summed E-state index contributed by atoms with van der Waals surface area (Å²) in [7, 11) is 0. The number of rotatable bonds is 1. The van der Waals surface area contributed by atoms with Crippen LogP contribution in [0.2, 0.25) is 0 Å². The van der Waals surface area contributed by atoms with Gasteiger partial charge in [0.1, 0.15) is 0 Å². The predicted molar refractivity (Wildman–Crippen MR) is 73.9 cm³/mol. The van der Waals surface area contributed by atoms with E-state index in [0.717, 1.165) is 23.7 Å². The van der Waals surface area contributed by atoms with Gasteiger partial charge in [0.05, 0.1) is 11.4 Å². The minimum absolute atomic E-state index is 0.639. The summed E-state index contributed by atoms with van der Waals surface area (Å²) in [6, 6.07) is 4.65. The molecule has 1 aromatic heterocycles. The lowest BCUT2D eigenvalue weighted by atomic mass is 9.91. The van der Waals surface area contributed by atoms with E-state index in [-0.39, 0.29) is 0 Å². The number of fused-ring (bicyclic) bond motifs is 2. The largest absolute Gasteiger partial charge is 0.397 e. The SMILES string of the molecule is Nc1ccc(N2CCCC3CCCC32)c2nonc12. The number of piperidine rings is 1. The Kier molecular flexibility index (Phi) is 2.40. The fraction of sp³-hybridized carbons (Fsp3) is 0.571. The number of nitrogen functional groups attached to an aromatic ring is 1. The van der Waals surface area contributed by atoms with Gasteiger partial charge in [-0.15, -0.1) is 0 Å². The van der Waals surface area contributed by atoms with E-state index >= 15 is 0 Å². The smallest absolute Gasteiger partial charge is 0.160 e. The fourth-order valence-electron chi connectivity index (χ4n) is 3.86. The Bertz CT molecular complexity index is 609. The molecule has 2 N–H and O–H groups in total. The van der Waals surface area contributed by atoms with Crippen LogP contribution in [0.15, 0.2) is 16.8 Å². The maximum Gasteiger partial charge on any atom is 0.160 e. The van der Waals surface area contributed by atoms with Crippen molar-refractivity contribution in [2.45, 2.75) is 38.1 Å². The molecule has 0 spiro atoms. The fourth-order valence-corrected chi connectivity index (χ4v) is 3.86. The van der Waals surface area contributed by atoms with Crippen LogP contribution < -0.4 is 10.6 Å². The second-order valence-electron chi connectivity index (χ2n) is 5.73. The highest BCUT2D eigenvalue weighted by Gasteiger charge is 2.36. The number of nitrogens with zero attached hydrogens (tertiary/aromatic N) is 3. The molecule has 2 aliphatic rings. The highest BCUT2D eigenvalue weighted by atomic mass is 16.6. The predicted octanol–water partition coefficient (Wildman–Crippen LogP) is 2.57. The summed E-state index contributed by atoms with van der Waals surface area (Å²) in [4.78, 5) is 2.51. The highest BCUT2D eigenvalue weighted by Crippen LogP contribution is 2.41. The van der Waals surface area contributed by atoms with Crippen molar-refractivity contribution < 1.29 is 4.63 Å². The van der Waals surface area contributed by atoms with Crippen LogP contribution in [0.4, 0.5) is 11.4 Å². The van der Waals surface area contributed by atoms with Gasteiger partial charge in [-0.25, -0.2) is 4.63 Å². The van der Waals surface area contributed by atoms with Gasteiger partial charge >= 0.3 is 0 Å². The number of hydrogen-bond acceptors (Lipinski definition) is 5. The second-order valence-corrected chi connectivity index (χ2v) is 5.73. The molecule has 2 fully saturated rings. The van der Waals surface area contributed by atoms with Gasteiger partial charge in [0.15, 0.2) is 11.0 Å². The molecule has 100 valence electrons. The first-order valence-electron chi connectivity index (χ1n) is 7.12. The van der Waals surface area contributed by atoms with Crippen molar-refractivity contribution in [3.8, 4) is 0 Å². The van der Waals surface area contributed by atoms with Crippen molar-refractivity contribution in [3.63, 3.8) is 0 Å². The molecule has 4 rings (SSSR count). The van der Waals surface area contributed by atoms with Gasteiger partial charge in [-0.3, -0.25) is 0 Å². The Morgan fingerprint density at radius 3 is 2.89 bits per heavy atom. The normalized spacial score (nSPS) is 26.8. The van der Waals surface area contributed by atoms with Gasteiger partial charge in [0.2, 0.25) is 0 Å². The lowest BCUT2D eigenvalue weighted by Gasteiger charge is -2.39.